The smallest absolute Gasteiger partial charge is 0.262 e. The molecule has 0 unspecified atom stereocenters. The van der Waals surface area contributed by atoms with Crippen molar-refractivity contribution in [1.29, 1.82) is 0 Å². The van der Waals surface area contributed by atoms with Crippen LogP contribution in [0.5, 0.6) is 11.5 Å². The molecular formula is C20H22N2O4S. The summed E-state index contributed by atoms with van der Waals surface area (Å²) in [6, 6.07) is 5.59. The third-order valence-electron chi connectivity index (χ3n) is 4.99. The fourth-order valence-electron chi connectivity index (χ4n) is 3.66. The zero-order chi connectivity index (χ0) is 19.0. The molecule has 1 aliphatic carbocycles. The molecular weight excluding hydrogens is 364 g/mol. The summed E-state index contributed by atoms with van der Waals surface area (Å²) in [5, 5.41) is 0.785. The van der Waals surface area contributed by atoms with Gasteiger partial charge in [0.15, 0.2) is 11.5 Å². The lowest BCUT2D eigenvalue weighted by molar-refractivity contribution is 0.186. The average molecular weight is 386 g/mol. The van der Waals surface area contributed by atoms with Crippen LogP contribution < -0.4 is 15.0 Å². The Labute approximate surface area is 161 Å². The van der Waals surface area contributed by atoms with E-state index in [9.17, 15) is 4.79 Å². The molecule has 0 radical (unpaired) electrons. The predicted molar refractivity (Wildman–Crippen MR) is 106 cm³/mol. The number of aromatic nitrogens is 2. The molecule has 0 fully saturated rings. The van der Waals surface area contributed by atoms with Gasteiger partial charge in [0.1, 0.15) is 10.7 Å². The number of ether oxygens (including phenoxy) is 3. The van der Waals surface area contributed by atoms with Gasteiger partial charge in [-0.3, -0.25) is 9.36 Å². The van der Waals surface area contributed by atoms with Gasteiger partial charge in [-0.25, -0.2) is 4.98 Å². The average Bonchev–Trinajstić information content (AvgIpc) is 3.27. The number of aryl methyl sites for hydroxylation is 2. The summed E-state index contributed by atoms with van der Waals surface area (Å²) < 4.78 is 17.7. The van der Waals surface area contributed by atoms with Crippen LogP contribution in [-0.2, 0) is 24.1 Å². The second-order valence-corrected chi connectivity index (χ2v) is 7.58. The van der Waals surface area contributed by atoms with Crippen molar-refractivity contribution in [2.75, 3.05) is 27.9 Å². The molecule has 7 heteroatoms. The van der Waals surface area contributed by atoms with Gasteiger partial charge in [0, 0.05) is 17.6 Å². The summed E-state index contributed by atoms with van der Waals surface area (Å²) in [4.78, 5) is 20.4. The Morgan fingerprint density at radius 3 is 2.70 bits per heavy atom. The topological polar surface area (TPSA) is 62.6 Å². The van der Waals surface area contributed by atoms with E-state index in [2.05, 4.69) is 0 Å². The van der Waals surface area contributed by atoms with Gasteiger partial charge in [0.25, 0.3) is 5.56 Å². The highest BCUT2D eigenvalue weighted by Crippen LogP contribution is 2.37. The van der Waals surface area contributed by atoms with Gasteiger partial charge in [-0.15, -0.1) is 11.3 Å². The SMILES string of the molecule is COCCn1c(-c2ccc(OC)c(OC)c2)nc2sc3c(c2c1=O)CCC3. The molecule has 4 rings (SSSR count). The number of fused-ring (bicyclic) bond motifs is 3. The molecule has 0 atom stereocenters. The van der Waals surface area contributed by atoms with E-state index in [-0.39, 0.29) is 5.56 Å². The summed E-state index contributed by atoms with van der Waals surface area (Å²) in [7, 11) is 4.83. The first-order chi connectivity index (χ1) is 13.2. The van der Waals surface area contributed by atoms with Gasteiger partial charge in [-0.05, 0) is 43.0 Å². The number of rotatable bonds is 6. The number of hydrogen-bond donors (Lipinski definition) is 0. The molecule has 3 aromatic rings. The van der Waals surface area contributed by atoms with Crippen LogP contribution in [0.4, 0.5) is 0 Å². The van der Waals surface area contributed by atoms with E-state index < -0.39 is 0 Å². The molecule has 6 nitrogen and oxygen atoms in total. The molecule has 0 spiro atoms. The summed E-state index contributed by atoms with van der Waals surface area (Å²) in [5.41, 5.74) is 2.02. The lowest BCUT2D eigenvalue weighted by Gasteiger charge is -2.14. The Bertz CT molecular complexity index is 1050. The van der Waals surface area contributed by atoms with Crippen molar-refractivity contribution in [2.24, 2.45) is 0 Å². The van der Waals surface area contributed by atoms with Crippen molar-refractivity contribution in [3.63, 3.8) is 0 Å². The minimum Gasteiger partial charge on any atom is -0.493 e. The first-order valence-corrected chi connectivity index (χ1v) is 9.76. The van der Waals surface area contributed by atoms with E-state index in [1.54, 1.807) is 37.2 Å². The summed E-state index contributed by atoms with van der Waals surface area (Å²) in [5.74, 6) is 1.88. The lowest BCUT2D eigenvalue weighted by Crippen LogP contribution is -2.25. The lowest BCUT2D eigenvalue weighted by atomic mass is 10.1. The van der Waals surface area contributed by atoms with Crippen molar-refractivity contribution >= 4 is 21.6 Å². The predicted octanol–water partition coefficient (Wildman–Crippen LogP) is 3.28. The molecule has 142 valence electrons. The van der Waals surface area contributed by atoms with Gasteiger partial charge >= 0.3 is 0 Å². The highest BCUT2D eigenvalue weighted by molar-refractivity contribution is 7.18. The van der Waals surface area contributed by atoms with E-state index >= 15 is 0 Å². The molecule has 1 aliphatic rings. The minimum atomic E-state index is 0.0150. The maximum Gasteiger partial charge on any atom is 0.262 e. The highest BCUT2D eigenvalue weighted by Gasteiger charge is 2.24. The monoisotopic (exact) mass is 386 g/mol. The Morgan fingerprint density at radius 2 is 1.96 bits per heavy atom. The second kappa shape index (κ2) is 7.32. The third-order valence-corrected chi connectivity index (χ3v) is 6.17. The number of hydrogen-bond acceptors (Lipinski definition) is 6. The normalized spacial score (nSPS) is 13.1. The maximum atomic E-state index is 13.3. The van der Waals surface area contributed by atoms with Crippen LogP contribution in [0.3, 0.4) is 0 Å². The number of thiophene rings is 1. The fraction of sp³-hybridized carbons (Fsp3) is 0.400. The summed E-state index contributed by atoms with van der Waals surface area (Å²) >= 11 is 1.65. The Hall–Kier alpha value is -2.38. The van der Waals surface area contributed by atoms with Gasteiger partial charge < -0.3 is 14.2 Å². The fourth-order valence-corrected chi connectivity index (χ4v) is 4.91. The standard InChI is InChI=1S/C20H22N2O4S/c1-24-10-9-22-18(12-7-8-14(25-2)15(11-12)26-3)21-19-17(20(22)23)13-5-4-6-16(13)27-19/h7-8,11H,4-6,9-10H2,1-3H3. The summed E-state index contributed by atoms with van der Waals surface area (Å²) in [6.07, 6.45) is 3.12. The molecule has 0 saturated heterocycles. The molecule has 0 bridgehead atoms. The largest absolute Gasteiger partial charge is 0.493 e. The van der Waals surface area contributed by atoms with E-state index in [0.29, 0.717) is 30.5 Å². The van der Waals surface area contributed by atoms with Crippen LogP contribution in [0.2, 0.25) is 0 Å². The summed E-state index contributed by atoms with van der Waals surface area (Å²) in [6.45, 7) is 0.895. The maximum absolute atomic E-state index is 13.3. The van der Waals surface area contributed by atoms with Crippen LogP contribution in [0.1, 0.15) is 16.9 Å². The van der Waals surface area contributed by atoms with Gasteiger partial charge in [-0.2, -0.15) is 0 Å². The van der Waals surface area contributed by atoms with Gasteiger partial charge in [-0.1, -0.05) is 0 Å². The third kappa shape index (κ3) is 3.00. The Morgan fingerprint density at radius 1 is 1.15 bits per heavy atom. The van der Waals surface area contributed by atoms with E-state index in [4.69, 9.17) is 19.2 Å². The van der Waals surface area contributed by atoms with Crippen LogP contribution in [0.15, 0.2) is 23.0 Å². The van der Waals surface area contributed by atoms with Crippen molar-refractivity contribution in [3.05, 3.63) is 39.0 Å². The van der Waals surface area contributed by atoms with Crippen LogP contribution in [0, 0.1) is 0 Å². The van der Waals surface area contributed by atoms with Gasteiger partial charge in [0.2, 0.25) is 0 Å². The first kappa shape index (κ1) is 18.0. The Balaban J connectivity index is 1.95. The van der Waals surface area contributed by atoms with Gasteiger partial charge in [0.05, 0.1) is 32.8 Å². The molecule has 27 heavy (non-hydrogen) atoms. The van der Waals surface area contributed by atoms with E-state index in [1.807, 2.05) is 18.2 Å². The molecule has 2 heterocycles. The van der Waals surface area contributed by atoms with E-state index in [0.717, 1.165) is 35.0 Å². The molecule has 0 aliphatic heterocycles. The quantitative estimate of drug-likeness (QED) is 0.651. The first-order valence-electron chi connectivity index (χ1n) is 8.94. The van der Waals surface area contributed by atoms with Crippen molar-refractivity contribution < 1.29 is 14.2 Å². The molecule has 0 amide bonds. The molecule has 0 saturated carbocycles. The zero-order valence-corrected chi connectivity index (χ0v) is 16.5. The number of benzene rings is 1. The Kier molecular flexibility index (Phi) is 4.88. The molecule has 1 aromatic carbocycles. The van der Waals surface area contributed by atoms with Crippen LogP contribution in [0.25, 0.3) is 21.6 Å². The van der Waals surface area contributed by atoms with Crippen molar-refractivity contribution in [3.8, 4) is 22.9 Å². The van der Waals surface area contributed by atoms with Crippen LogP contribution >= 0.6 is 11.3 Å². The number of nitrogens with zero attached hydrogens (tertiary/aromatic N) is 2. The highest BCUT2D eigenvalue weighted by atomic mass is 32.1. The van der Waals surface area contributed by atoms with Crippen LogP contribution in [-0.4, -0.2) is 37.5 Å². The van der Waals surface area contributed by atoms with Crippen molar-refractivity contribution in [2.45, 2.75) is 25.8 Å². The van der Waals surface area contributed by atoms with E-state index in [1.165, 1.54) is 10.4 Å². The van der Waals surface area contributed by atoms with Crippen molar-refractivity contribution in [1.82, 2.24) is 9.55 Å². The minimum absolute atomic E-state index is 0.0150. The number of methoxy groups -OCH3 is 3. The zero-order valence-electron chi connectivity index (χ0n) is 15.7. The molecule has 2 aromatic heterocycles. The molecule has 0 N–H and O–H groups in total. The second-order valence-electron chi connectivity index (χ2n) is 6.49.